The van der Waals surface area contributed by atoms with Crippen molar-refractivity contribution in [3.8, 4) is 0 Å². The van der Waals surface area contributed by atoms with Gasteiger partial charge in [-0.05, 0) is 35.7 Å². The van der Waals surface area contributed by atoms with Crippen LogP contribution in [0.2, 0.25) is 0 Å². The summed E-state index contributed by atoms with van der Waals surface area (Å²) in [6.07, 6.45) is -0.708. The van der Waals surface area contributed by atoms with Crippen molar-refractivity contribution in [2.24, 2.45) is 0 Å². The van der Waals surface area contributed by atoms with Crippen molar-refractivity contribution in [1.29, 1.82) is 0 Å². The Labute approximate surface area is 122 Å². The van der Waals surface area contributed by atoms with Crippen LogP contribution in [0.15, 0.2) is 36.4 Å². The number of carbonyl (C=O) groups is 1. The van der Waals surface area contributed by atoms with Gasteiger partial charge >= 0.3 is 0 Å². The lowest BCUT2D eigenvalue weighted by atomic mass is 9.97. The maximum Gasteiger partial charge on any atom is 0.231 e. The molecule has 1 atom stereocenters. The molecule has 0 aromatic heterocycles. The summed E-state index contributed by atoms with van der Waals surface area (Å²) < 4.78 is 14.0. The molecule has 3 nitrogen and oxygen atoms in total. The summed E-state index contributed by atoms with van der Waals surface area (Å²) in [7, 11) is 1.73. The van der Waals surface area contributed by atoms with Crippen molar-refractivity contribution < 1.29 is 14.3 Å². The molecule has 0 saturated carbocycles. The van der Waals surface area contributed by atoms with Crippen molar-refractivity contribution >= 4 is 11.6 Å². The number of halogens is 1. The summed E-state index contributed by atoms with van der Waals surface area (Å²) in [5.41, 5.74) is 3.37. The molecule has 1 amide bonds. The second kappa shape index (κ2) is 4.97. The minimum Gasteiger partial charge on any atom is -0.384 e. The fourth-order valence-corrected chi connectivity index (χ4v) is 2.69. The first-order valence-electron chi connectivity index (χ1n) is 6.81. The van der Waals surface area contributed by atoms with Gasteiger partial charge in [-0.2, -0.15) is 0 Å². The Morgan fingerprint density at radius 1 is 1.24 bits per heavy atom. The van der Waals surface area contributed by atoms with Gasteiger partial charge in [0.05, 0.1) is 6.42 Å². The van der Waals surface area contributed by atoms with Gasteiger partial charge in [0.25, 0.3) is 0 Å². The summed E-state index contributed by atoms with van der Waals surface area (Å²) in [4.78, 5) is 13.3. The molecule has 3 rings (SSSR count). The Hall–Kier alpha value is -2.20. The van der Waals surface area contributed by atoms with Crippen LogP contribution < -0.4 is 4.90 Å². The third-order valence-corrected chi connectivity index (χ3v) is 3.95. The van der Waals surface area contributed by atoms with E-state index in [1.54, 1.807) is 49.2 Å². The van der Waals surface area contributed by atoms with Crippen molar-refractivity contribution in [2.75, 3.05) is 11.9 Å². The summed E-state index contributed by atoms with van der Waals surface area (Å²) in [5.74, 6) is -0.394. The number of aryl methyl sites for hydroxylation is 1. The van der Waals surface area contributed by atoms with Crippen LogP contribution in [0.3, 0.4) is 0 Å². The van der Waals surface area contributed by atoms with E-state index in [0.717, 1.165) is 16.8 Å². The molecule has 0 bridgehead atoms. The standard InChI is InChI=1S/C17H16FNO2/c1-10-3-5-13(14(18)7-10)17(21)11-4-6-15-12(8-11)9-16(20)19(15)2/h3-8,17,21H,9H2,1-2H3. The van der Waals surface area contributed by atoms with Crippen LogP contribution in [0.25, 0.3) is 0 Å². The van der Waals surface area contributed by atoms with Crippen molar-refractivity contribution in [3.63, 3.8) is 0 Å². The number of hydrogen-bond donors (Lipinski definition) is 1. The highest BCUT2D eigenvalue weighted by Crippen LogP contribution is 2.32. The predicted octanol–water partition coefficient (Wildman–Crippen LogP) is 2.73. The molecule has 2 aromatic carbocycles. The third kappa shape index (κ3) is 2.32. The van der Waals surface area contributed by atoms with E-state index in [0.29, 0.717) is 12.0 Å². The molecule has 2 aromatic rings. The molecular weight excluding hydrogens is 269 g/mol. The van der Waals surface area contributed by atoms with Crippen molar-refractivity contribution in [3.05, 3.63) is 64.5 Å². The molecule has 1 aliphatic rings. The number of aliphatic hydroxyl groups excluding tert-OH is 1. The fourth-order valence-electron chi connectivity index (χ4n) is 2.69. The fraction of sp³-hybridized carbons (Fsp3) is 0.235. The van der Waals surface area contributed by atoms with Crippen molar-refractivity contribution in [2.45, 2.75) is 19.4 Å². The molecule has 0 radical (unpaired) electrons. The van der Waals surface area contributed by atoms with Gasteiger partial charge in [0.1, 0.15) is 11.9 Å². The number of carbonyl (C=O) groups excluding carboxylic acids is 1. The smallest absolute Gasteiger partial charge is 0.231 e. The zero-order valence-electron chi connectivity index (χ0n) is 11.9. The zero-order chi connectivity index (χ0) is 15.1. The number of amides is 1. The number of nitrogens with zero attached hydrogens (tertiary/aromatic N) is 1. The number of hydrogen-bond acceptors (Lipinski definition) is 2. The van der Waals surface area contributed by atoms with E-state index >= 15 is 0 Å². The van der Waals surface area contributed by atoms with Gasteiger partial charge in [0.2, 0.25) is 5.91 Å². The second-order valence-corrected chi connectivity index (χ2v) is 5.45. The number of likely N-dealkylation sites (N-methyl/N-ethyl adjacent to an activating group) is 1. The highest BCUT2D eigenvalue weighted by molar-refractivity contribution is 6.00. The predicted molar refractivity (Wildman–Crippen MR) is 78.8 cm³/mol. The lowest BCUT2D eigenvalue weighted by molar-refractivity contribution is -0.117. The Morgan fingerprint density at radius 2 is 2.00 bits per heavy atom. The van der Waals surface area contributed by atoms with Crippen LogP contribution in [-0.2, 0) is 11.2 Å². The molecule has 1 aliphatic heterocycles. The molecule has 21 heavy (non-hydrogen) atoms. The Kier molecular flexibility index (Phi) is 3.26. The molecule has 1 heterocycles. The highest BCUT2D eigenvalue weighted by atomic mass is 19.1. The molecular formula is C17H16FNO2. The number of rotatable bonds is 2. The first kappa shape index (κ1) is 13.8. The van der Waals surface area contributed by atoms with Crippen LogP contribution in [-0.4, -0.2) is 18.1 Å². The monoisotopic (exact) mass is 285 g/mol. The van der Waals surface area contributed by atoms with Gasteiger partial charge in [-0.15, -0.1) is 0 Å². The van der Waals surface area contributed by atoms with E-state index in [2.05, 4.69) is 0 Å². The number of anilines is 1. The van der Waals surface area contributed by atoms with Gasteiger partial charge in [0.15, 0.2) is 0 Å². The molecule has 0 aliphatic carbocycles. The van der Waals surface area contributed by atoms with E-state index in [4.69, 9.17) is 0 Å². The Bertz CT molecular complexity index is 727. The first-order valence-corrected chi connectivity index (χ1v) is 6.81. The average Bonchev–Trinajstić information content (AvgIpc) is 2.73. The lowest BCUT2D eigenvalue weighted by Crippen LogP contribution is -2.20. The minimum absolute atomic E-state index is 0.0261. The topological polar surface area (TPSA) is 40.5 Å². The van der Waals surface area contributed by atoms with E-state index in [-0.39, 0.29) is 11.5 Å². The normalized spacial score (nSPS) is 15.2. The molecule has 108 valence electrons. The lowest BCUT2D eigenvalue weighted by Gasteiger charge is -2.15. The van der Waals surface area contributed by atoms with Crippen LogP contribution in [0.1, 0.15) is 28.4 Å². The van der Waals surface area contributed by atoms with Gasteiger partial charge in [-0.25, -0.2) is 4.39 Å². The zero-order valence-corrected chi connectivity index (χ0v) is 11.9. The van der Waals surface area contributed by atoms with Crippen molar-refractivity contribution in [1.82, 2.24) is 0 Å². The van der Waals surface area contributed by atoms with E-state index < -0.39 is 11.9 Å². The molecule has 0 spiro atoms. The largest absolute Gasteiger partial charge is 0.384 e. The average molecular weight is 285 g/mol. The van der Waals surface area contributed by atoms with E-state index in [9.17, 15) is 14.3 Å². The molecule has 1 N–H and O–H groups in total. The number of fused-ring (bicyclic) bond motifs is 1. The van der Waals surface area contributed by atoms with Crippen LogP contribution in [0, 0.1) is 12.7 Å². The van der Waals surface area contributed by atoms with Gasteiger partial charge in [-0.1, -0.05) is 24.3 Å². The van der Waals surface area contributed by atoms with E-state index in [1.807, 2.05) is 0 Å². The quantitative estimate of drug-likeness (QED) is 0.921. The summed E-state index contributed by atoms with van der Waals surface area (Å²) >= 11 is 0. The van der Waals surface area contributed by atoms with E-state index in [1.165, 1.54) is 6.07 Å². The van der Waals surface area contributed by atoms with Crippen LogP contribution in [0.5, 0.6) is 0 Å². The highest BCUT2D eigenvalue weighted by Gasteiger charge is 2.25. The summed E-state index contributed by atoms with van der Waals surface area (Å²) in [6.45, 7) is 1.80. The SMILES string of the molecule is Cc1ccc(C(O)c2ccc3c(c2)CC(=O)N3C)c(F)c1. The number of aliphatic hydroxyl groups is 1. The third-order valence-electron chi connectivity index (χ3n) is 3.95. The first-order chi connectivity index (χ1) is 9.97. The minimum atomic E-state index is -1.03. The van der Waals surface area contributed by atoms with Crippen LogP contribution in [0.4, 0.5) is 10.1 Å². The summed E-state index contributed by atoms with van der Waals surface area (Å²) in [6, 6.07) is 10.1. The summed E-state index contributed by atoms with van der Waals surface area (Å²) in [5, 5.41) is 10.4. The second-order valence-electron chi connectivity index (χ2n) is 5.45. The molecule has 4 heteroatoms. The van der Waals surface area contributed by atoms with Gasteiger partial charge < -0.3 is 10.0 Å². The molecule has 1 unspecified atom stereocenters. The van der Waals surface area contributed by atoms with Gasteiger partial charge in [-0.3, -0.25) is 4.79 Å². The number of benzene rings is 2. The maximum atomic E-state index is 14.0. The molecule has 0 saturated heterocycles. The van der Waals surface area contributed by atoms with Gasteiger partial charge in [0, 0.05) is 18.3 Å². The van der Waals surface area contributed by atoms with Crippen LogP contribution >= 0.6 is 0 Å². The maximum absolute atomic E-state index is 14.0. The Morgan fingerprint density at radius 3 is 2.71 bits per heavy atom. The Balaban J connectivity index is 1.98. The molecule has 0 fully saturated rings.